The molecule has 15 heavy (non-hydrogen) atoms. The van der Waals surface area contributed by atoms with Crippen LogP contribution >= 0.6 is 0 Å². The molecule has 0 spiro atoms. The average Bonchev–Trinajstić information content (AvgIpc) is 2.57. The highest BCUT2D eigenvalue weighted by atomic mass is 16.5. The molecule has 1 aliphatic carbocycles. The third kappa shape index (κ3) is 1.65. The molecule has 3 unspecified atom stereocenters. The van der Waals surface area contributed by atoms with Crippen molar-refractivity contribution in [3.05, 3.63) is 11.6 Å². The zero-order valence-electron chi connectivity index (χ0n) is 10.5. The molecule has 1 heterocycles. The van der Waals surface area contributed by atoms with Crippen LogP contribution in [0.1, 0.15) is 47.0 Å². The lowest BCUT2D eigenvalue weighted by molar-refractivity contribution is -0.0318. The van der Waals surface area contributed by atoms with Gasteiger partial charge < -0.3 is 4.74 Å². The van der Waals surface area contributed by atoms with Crippen molar-refractivity contribution in [1.29, 1.82) is 0 Å². The largest absolute Gasteiger partial charge is 0.374 e. The minimum Gasteiger partial charge on any atom is -0.374 e. The van der Waals surface area contributed by atoms with Crippen molar-refractivity contribution in [2.24, 2.45) is 17.8 Å². The fraction of sp³-hybridized carbons (Fsp3) is 0.857. The Hall–Kier alpha value is -0.300. The van der Waals surface area contributed by atoms with E-state index in [1.807, 2.05) is 0 Å². The third-order valence-electron chi connectivity index (χ3n) is 4.67. The van der Waals surface area contributed by atoms with Crippen LogP contribution in [0.2, 0.25) is 0 Å². The van der Waals surface area contributed by atoms with Crippen LogP contribution in [0.25, 0.3) is 0 Å². The van der Waals surface area contributed by atoms with Gasteiger partial charge in [-0.1, -0.05) is 32.4 Å². The number of ether oxygens (including phenoxy) is 1. The Morgan fingerprint density at radius 1 is 1.40 bits per heavy atom. The quantitative estimate of drug-likeness (QED) is 0.627. The van der Waals surface area contributed by atoms with Crippen LogP contribution < -0.4 is 0 Å². The number of hydrogen-bond donors (Lipinski definition) is 0. The first-order valence-electron chi connectivity index (χ1n) is 6.45. The van der Waals surface area contributed by atoms with E-state index in [2.05, 4.69) is 33.8 Å². The maximum absolute atomic E-state index is 6.16. The van der Waals surface area contributed by atoms with E-state index < -0.39 is 0 Å². The highest BCUT2D eigenvalue weighted by Gasteiger charge is 2.49. The lowest BCUT2D eigenvalue weighted by atomic mass is 9.68. The summed E-state index contributed by atoms with van der Waals surface area (Å²) in [4.78, 5) is 0. The molecule has 1 fully saturated rings. The number of hydrogen-bond acceptors (Lipinski definition) is 1. The summed E-state index contributed by atoms with van der Waals surface area (Å²) in [6.07, 6.45) is 6.12. The molecule has 0 aromatic carbocycles. The van der Waals surface area contributed by atoms with Gasteiger partial charge in [0, 0.05) is 5.92 Å². The summed E-state index contributed by atoms with van der Waals surface area (Å²) in [5, 5.41) is 0. The molecule has 1 heteroatoms. The standard InChI is InChI=1S/C14H24O/c1-5-14(6-2)13-8-10(3)7-11(4)12(13)9-15-14/h7,10,12-13H,5-6,8-9H2,1-4H3. The van der Waals surface area contributed by atoms with Crippen molar-refractivity contribution in [2.75, 3.05) is 6.61 Å². The number of rotatable bonds is 2. The monoisotopic (exact) mass is 208 g/mol. The fourth-order valence-corrected chi connectivity index (χ4v) is 3.69. The second-order valence-electron chi connectivity index (χ2n) is 5.42. The molecule has 0 aromatic heterocycles. The van der Waals surface area contributed by atoms with Crippen molar-refractivity contribution >= 4 is 0 Å². The van der Waals surface area contributed by atoms with Gasteiger partial charge >= 0.3 is 0 Å². The van der Waals surface area contributed by atoms with Crippen molar-refractivity contribution < 1.29 is 4.74 Å². The van der Waals surface area contributed by atoms with Crippen LogP contribution in [0.4, 0.5) is 0 Å². The van der Waals surface area contributed by atoms with E-state index >= 15 is 0 Å². The minimum atomic E-state index is 0.189. The molecule has 0 saturated carbocycles. The highest BCUT2D eigenvalue weighted by molar-refractivity contribution is 5.17. The molecule has 0 amide bonds. The lowest BCUT2D eigenvalue weighted by Gasteiger charge is -2.38. The van der Waals surface area contributed by atoms with Gasteiger partial charge in [0.1, 0.15) is 0 Å². The van der Waals surface area contributed by atoms with Gasteiger partial charge in [-0.15, -0.1) is 0 Å². The molecule has 1 aliphatic heterocycles. The van der Waals surface area contributed by atoms with Gasteiger partial charge in [-0.2, -0.15) is 0 Å². The van der Waals surface area contributed by atoms with Crippen molar-refractivity contribution in [2.45, 2.75) is 52.6 Å². The summed E-state index contributed by atoms with van der Waals surface area (Å²) in [5.41, 5.74) is 1.76. The van der Waals surface area contributed by atoms with E-state index in [1.54, 1.807) is 5.57 Å². The molecule has 86 valence electrons. The average molecular weight is 208 g/mol. The summed E-state index contributed by atoms with van der Waals surface area (Å²) in [5.74, 6) is 2.22. The number of allylic oxidation sites excluding steroid dienone is 1. The molecule has 2 aliphatic rings. The Kier molecular flexibility index (Phi) is 2.94. The van der Waals surface area contributed by atoms with E-state index in [1.165, 1.54) is 19.3 Å². The smallest absolute Gasteiger partial charge is 0.0712 e. The highest BCUT2D eigenvalue weighted by Crippen LogP contribution is 2.49. The zero-order chi connectivity index (χ0) is 11.1. The summed E-state index contributed by atoms with van der Waals surface area (Å²) in [6.45, 7) is 10.2. The van der Waals surface area contributed by atoms with Crippen molar-refractivity contribution in [1.82, 2.24) is 0 Å². The van der Waals surface area contributed by atoms with Crippen LogP contribution in [-0.4, -0.2) is 12.2 Å². The van der Waals surface area contributed by atoms with Gasteiger partial charge in [0.05, 0.1) is 12.2 Å². The molecule has 3 atom stereocenters. The molecular formula is C14H24O. The first kappa shape index (κ1) is 11.2. The first-order valence-corrected chi connectivity index (χ1v) is 6.45. The Morgan fingerprint density at radius 3 is 2.67 bits per heavy atom. The first-order chi connectivity index (χ1) is 7.13. The molecule has 0 bridgehead atoms. The maximum atomic E-state index is 6.16. The molecule has 0 aromatic rings. The normalized spacial score (nSPS) is 38.7. The van der Waals surface area contributed by atoms with Crippen LogP contribution in [0.3, 0.4) is 0 Å². The van der Waals surface area contributed by atoms with E-state index in [-0.39, 0.29) is 5.60 Å². The predicted molar refractivity (Wildman–Crippen MR) is 63.8 cm³/mol. The van der Waals surface area contributed by atoms with E-state index in [4.69, 9.17) is 4.74 Å². The molecule has 1 saturated heterocycles. The minimum absolute atomic E-state index is 0.189. The fourth-order valence-electron chi connectivity index (χ4n) is 3.69. The summed E-state index contributed by atoms with van der Waals surface area (Å²) < 4.78 is 6.16. The Labute approximate surface area is 93.9 Å². The van der Waals surface area contributed by atoms with Gasteiger partial charge in [-0.25, -0.2) is 0 Å². The van der Waals surface area contributed by atoms with Crippen LogP contribution in [-0.2, 0) is 4.74 Å². The van der Waals surface area contributed by atoms with E-state index in [0.717, 1.165) is 18.4 Å². The second-order valence-corrected chi connectivity index (χ2v) is 5.42. The van der Waals surface area contributed by atoms with Crippen LogP contribution in [0.5, 0.6) is 0 Å². The van der Waals surface area contributed by atoms with Gasteiger partial charge in [-0.3, -0.25) is 0 Å². The second kappa shape index (κ2) is 3.93. The Morgan fingerprint density at radius 2 is 2.07 bits per heavy atom. The SMILES string of the molecule is CCC1(CC)OCC2C(C)=CC(C)CC21. The third-order valence-corrected chi connectivity index (χ3v) is 4.67. The molecule has 2 rings (SSSR count). The summed E-state index contributed by atoms with van der Waals surface area (Å²) in [6, 6.07) is 0. The zero-order valence-corrected chi connectivity index (χ0v) is 10.5. The Bertz CT molecular complexity index is 263. The molecular weight excluding hydrogens is 184 g/mol. The summed E-state index contributed by atoms with van der Waals surface area (Å²) in [7, 11) is 0. The van der Waals surface area contributed by atoms with Crippen molar-refractivity contribution in [3.63, 3.8) is 0 Å². The van der Waals surface area contributed by atoms with E-state index in [0.29, 0.717) is 5.92 Å². The lowest BCUT2D eigenvalue weighted by Crippen LogP contribution is -2.38. The Balaban J connectivity index is 2.27. The molecule has 0 radical (unpaired) electrons. The van der Waals surface area contributed by atoms with Gasteiger partial charge in [0.2, 0.25) is 0 Å². The van der Waals surface area contributed by atoms with Crippen molar-refractivity contribution in [3.8, 4) is 0 Å². The molecule has 0 N–H and O–H groups in total. The topological polar surface area (TPSA) is 9.23 Å². The van der Waals surface area contributed by atoms with Gasteiger partial charge in [0.15, 0.2) is 0 Å². The van der Waals surface area contributed by atoms with Crippen LogP contribution in [0.15, 0.2) is 11.6 Å². The maximum Gasteiger partial charge on any atom is 0.0712 e. The summed E-state index contributed by atoms with van der Waals surface area (Å²) >= 11 is 0. The van der Waals surface area contributed by atoms with Gasteiger partial charge in [0.25, 0.3) is 0 Å². The molecule has 1 nitrogen and oxygen atoms in total. The number of fused-ring (bicyclic) bond motifs is 1. The predicted octanol–water partition coefficient (Wildman–Crippen LogP) is 3.79. The van der Waals surface area contributed by atoms with Gasteiger partial charge in [-0.05, 0) is 38.0 Å². The van der Waals surface area contributed by atoms with E-state index in [9.17, 15) is 0 Å². The van der Waals surface area contributed by atoms with Crippen LogP contribution in [0, 0.1) is 17.8 Å².